The molecule has 5 nitrogen and oxygen atoms in total. The normalized spacial score (nSPS) is 10.2. The summed E-state index contributed by atoms with van der Waals surface area (Å²) in [5, 5.41) is 28.3. The Labute approximate surface area is 114 Å². The molecule has 2 aromatic rings. The summed E-state index contributed by atoms with van der Waals surface area (Å²) in [6.45, 7) is 0. The minimum absolute atomic E-state index is 0.368. The third kappa shape index (κ3) is 2.77. The van der Waals surface area contributed by atoms with Crippen LogP contribution in [0.2, 0.25) is 0 Å². The number of ketones is 2. The first-order valence-corrected chi connectivity index (χ1v) is 5.85. The molecule has 0 unspecified atom stereocenters. The predicted octanol–water partition coefficient (Wildman–Crippen LogP) is 2.26. The van der Waals surface area contributed by atoms with Gasteiger partial charge in [-0.15, -0.1) is 0 Å². The highest BCUT2D eigenvalue weighted by molar-refractivity contribution is 6.15. The van der Waals surface area contributed by atoms with Gasteiger partial charge in [-0.2, -0.15) is 0 Å². The summed E-state index contributed by atoms with van der Waals surface area (Å²) in [5.74, 6) is -2.62. The third-order valence-electron chi connectivity index (χ3n) is 2.78. The monoisotopic (exact) mass is 272 g/mol. The Kier molecular flexibility index (Phi) is 3.70. The molecule has 0 bridgehead atoms. The lowest BCUT2D eigenvalue weighted by Crippen LogP contribution is -2.09. The van der Waals surface area contributed by atoms with E-state index in [0.717, 1.165) is 12.1 Å². The van der Waals surface area contributed by atoms with Gasteiger partial charge < -0.3 is 15.3 Å². The van der Waals surface area contributed by atoms with Gasteiger partial charge in [0.05, 0.1) is 6.42 Å². The molecule has 0 spiro atoms. The highest BCUT2D eigenvalue weighted by Crippen LogP contribution is 2.32. The highest BCUT2D eigenvalue weighted by atomic mass is 16.3. The van der Waals surface area contributed by atoms with E-state index in [-0.39, 0.29) is 11.3 Å². The quantitative estimate of drug-likeness (QED) is 0.586. The fourth-order valence-corrected chi connectivity index (χ4v) is 1.84. The smallest absolute Gasteiger partial charge is 0.178 e. The SMILES string of the molecule is O=C(CC(=O)c1c(O)cc(O)cc1O)c1ccccc1. The molecule has 20 heavy (non-hydrogen) atoms. The van der Waals surface area contributed by atoms with Crippen molar-refractivity contribution < 1.29 is 24.9 Å². The number of hydrogen-bond donors (Lipinski definition) is 3. The summed E-state index contributed by atoms with van der Waals surface area (Å²) in [5.41, 5.74) is 0.00527. The van der Waals surface area contributed by atoms with Gasteiger partial charge in [0, 0.05) is 17.7 Å². The molecule has 2 aromatic carbocycles. The van der Waals surface area contributed by atoms with Gasteiger partial charge in [-0.25, -0.2) is 0 Å². The van der Waals surface area contributed by atoms with Crippen LogP contribution in [-0.4, -0.2) is 26.9 Å². The fraction of sp³-hybridized carbons (Fsp3) is 0.0667. The van der Waals surface area contributed by atoms with Gasteiger partial charge in [0.1, 0.15) is 22.8 Å². The van der Waals surface area contributed by atoms with Crippen LogP contribution in [0.1, 0.15) is 27.1 Å². The van der Waals surface area contributed by atoms with Gasteiger partial charge >= 0.3 is 0 Å². The summed E-state index contributed by atoms with van der Waals surface area (Å²) in [7, 11) is 0. The van der Waals surface area contributed by atoms with Crippen LogP contribution >= 0.6 is 0 Å². The maximum atomic E-state index is 12.0. The summed E-state index contributed by atoms with van der Waals surface area (Å²) < 4.78 is 0. The molecule has 102 valence electrons. The molecule has 0 radical (unpaired) electrons. The van der Waals surface area contributed by atoms with E-state index in [2.05, 4.69) is 0 Å². The molecule has 0 aromatic heterocycles. The number of benzene rings is 2. The van der Waals surface area contributed by atoms with Gasteiger partial charge in [0.25, 0.3) is 0 Å². The van der Waals surface area contributed by atoms with Crippen molar-refractivity contribution in [2.75, 3.05) is 0 Å². The van der Waals surface area contributed by atoms with E-state index in [4.69, 9.17) is 5.11 Å². The van der Waals surface area contributed by atoms with E-state index < -0.39 is 29.5 Å². The van der Waals surface area contributed by atoms with Gasteiger partial charge in [0.2, 0.25) is 0 Å². The first-order valence-electron chi connectivity index (χ1n) is 5.85. The zero-order valence-electron chi connectivity index (χ0n) is 10.4. The molecule has 0 aliphatic heterocycles. The molecule has 0 saturated carbocycles. The Morgan fingerprint density at radius 3 is 1.95 bits per heavy atom. The van der Waals surface area contributed by atoms with Crippen LogP contribution in [0.25, 0.3) is 0 Å². The van der Waals surface area contributed by atoms with Crippen LogP contribution in [0.15, 0.2) is 42.5 Å². The lowest BCUT2D eigenvalue weighted by atomic mass is 10.00. The van der Waals surface area contributed by atoms with Crippen LogP contribution in [-0.2, 0) is 0 Å². The Hall–Kier alpha value is -2.82. The summed E-state index contributed by atoms with van der Waals surface area (Å²) in [6, 6.07) is 10.1. The van der Waals surface area contributed by atoms with Gasteiger partial charge in [0.15, 0.2) is 11.6 Å². The van der Waals surface area contributed by atoms with Gasteiger partial charge in [-0.1, -0.05) is 30.3 Å². The van der Waals surface area contributed by atoms with Crippen LogP contribution in [0.4, 0.5) is 0 Å². The summed E-state index contributed by atoms with van der Waals surface area (Å²) in [4.78, 5) is 23.8. The van der Waals surface area contributed by atoms with Crippen molar-refractivity contribution in [3.05, 3.63) is 53.6 Å². The molecule has 0 heterocycles. The van der Waals surface area contributed by atoms with E-state index in [0.29, 0.717) is 5.56 Å². The Morgan fingerprint density at radius 2 is 1.40 bits per heavy atom. The number of rotatable bonds is 4. The average molecular weight is 272 g/mol. The number of phenols is 3. The first-order chi connectivity index (χ1) is 9.49. The molecular formula is C15H12O5. The van der Waals surface area contributed by atoms with Gasteiger partial charge in [-0.05, 0) is 0 Å². The van der Waals surface area contributed by atoms with Crippen molar-refractivity contribution >= 4 is 11.6 Å². The number of phenolic OH excluding ortho intramolecular Hbond substituents is 3. The molecule has 0 fully saturated rings. The molecule has 0 amide bonds. The van der Waals surface area contributed by atoms with E-state index >= 15 is 0 Å². The number of aromatic hydroxyl groups is 3. The van der Waals surface area contributed by atoms with Crippen molar-refractivity contribution in [3.8, 4) is 17.2 Å². The molecular weight excluding hydrogens is 260 g/mol. The summed E-state index contributed by atoms with van der Waals surface area (Å²) in [6.07, 6.45) is -0.476. The van der Waals surface area contributed by atoms with Crippen LogP contribution in [0, 0.1) is 0 Å². The van der Waals surface area contributed by atoms with Crippen LogP contribution in [0.3, 0.4) is 0 Å². The lowest BCUT2D eigenvalue weighted by Gasteiger charge is -2.07. The minimum atomic E-state index is -0.714. The highest BCUT2D eigenvalue weighted by Gasteiger charge is 2.20. The number of carbonyl (C=O) groups excluding carboxylic acids is 2. The molecule has 5 heteroatoms. The number of carbonyl (C=O) groups is 2. The molecule has 2 rings (SSSR count). The Morgan fingerprint density at radius 1 is 0.850 bits per heavy atom. The van der Waals surface area contributed by atoms with Crippen molar-refractivity contribution in [3.63, 3.8) is 0 Å². The lowest BCUT2D eigenvalue weighted by molar-refractivity contribution is 0.0892. The zero-order chi connectivity index (χ0) is 14.7. The molecule has 0 saturated heterocycles. The first kappa shape index (κ1) is 13.6. The van der Waals surface area contributed by atoms with Crippen LogP contribution in [0.5, 0.6) is 17.2 Å². The predicted molar refractivity (Wildman–Crippen MR) is 71.2 cm³/mol. The standard InChI is InChI=1S/C15H12O5/c16-10-6-12(18)15(13(19)7-10)14(20)8-11(17)9-4-2-1-3-5-9/h1-7,16,18-19H,8H2. The largest absolute Gasteiger partial charge is 0.508 e. The topological polar surface area (TPSA) is 94.8 Å². The van der Waals surface area contributed by atoms with Crippen molar-refractivity contribution in [1.82, 2.24) is 0 Å². The zero-order valence-corrected chi connectivity index (χ0v) is 10.4. The second kappa shape index (κ2) is 5.44. The fourth-order valence-electron chi connectivity index (χ4n) is 1.84. The van der Waals surface area contributed by atoms with Gasteiger partial charge in [-0.3, -0.25) is 9.59 Å². The van der Waals surface area contributed by atoms with E-state index in [1.54, 1.807) is 30.3 Å². The third-order valence-corrected chi connectivity index (χ3v) is 2.78. The maximum absolute atomic E-state index is 12.0. The number of Topliss-reactive ketones (excluding diaryl/α,β-unsaturated/α-hetero) is 2. The number of hydrogen-bond acceptors (Lipinski definition) is 5. The minimum Gasteiger partial charge on any atom is -0.508 e. The second-order valence-electron chi connectivity index (χ2n) is 4.25. The molecule has 0 aliphatic carbocycles. The van der Waals surface area contributed by atoms with E-state index in [1.807, 2.05) is 0 Å². The van der Waals surface area contributed by atoms with E-state index in [1.165, 1.54) is 0 Å². The van der Waals surface area contributed by atoms with Crippen molar-refractivity contribution in [1.29, 1.82) is 0 Å². The maximum Gasteiger partial charge on any atom is 0.178 e. The second-order valence-corrected chi connectivity index (χ2v) is 4.25. The summed E-state index contributed by atoms with van der Waals surface area (Å²) >= 11 is 0. The van der Waals surface area contributed by atoms with Crippen molar-refractivity contribution in [2.45, 2.75) is 6.42 Å². The molecule has 0 aliphatic rings. The average Bonchev–Trinajstić information content (AvgIpc) is 2.38. The van der Waals surface area contributed by atoms with E-state index in [9.17, 15) is 19.8 Å². The molecule has 0 atom stereocenters. The molecule has 3 N–H and O–H groups in total. The van der Waals surface area contributed by atoms with Crippen molar-refractivity contribution in [2.24, 2.45) is 0 Å². The van der Waals surface area contributed by atoms with Crippen LogP contribution < -0.4 is 0 Å². The Bertz CT molecular complexity index is 638. The Balaban J connectivity index is 2.24.